The molecule has 0 radical (unpaired) electrons. The van der Waals surface area contributed by atoms with E-state index < -0.39 is 5.41 Å². The van der Waals surface area contributed by atoms with Gasteiger partial charge in [0.05, 0.1) is 5.41 Å². The first-order chi connectivity index (χ1) is 14.8. The topological polar surface area (TPSA) is 95.6 Å². The number of amides is 1. The Balaban J connectivity index is 1.45. The molecular weight excluding hydrogens is 394 g/mol. The molecule has 0 atom stereocenters. The number of hydrogen-bond donors (Lipinski definition) is 4. The predicted octanol–water partition coefficient (Wildman–Crippen LogP) is 4.34. The van der Waals surface area contributed by atoms with Crippen LogP contribution in [0.4, 0.5) is 5.69 Å². The molecule has 1 aliphatic heterocycles. The molecule has 7 heteroatoms. The fourth-order valence-electron chi connectivity index (χ4n) is 4.45. The quantitative estimate of drug-likeness (QED) is 0.460. The maximum atomic E-state index is 13.3. The number of benzene rings is 2. The highest BCUT2D eigenvalue weighted by Gasteiger charge is 2.51. The first kappa shape index (κ1) is 19.9. The Bertz CT molecular complexity index is 1170. The largest absolute Gasteiger partial charge is 0.454 e. The average molecular weight is 421 g/mol. The lowest BCUT2D eigenvalue weighted by molar-refractivity contribution is -0.118. The van der Waals surface area contributed by atoms with Crippen molar-refractivity contribution in [2.24, 2.45) is 0 Å². The molecule has 1 amide bonds. The Hall–Kier alpha value is -3.03. The molecule has 7 nitrogen and oxygen atoms in total. The van der Waals surface area contributed by atoms with Crippen molar-refractivity contribution >= 4 is 22.5 Å². The van der Waals surface area contributed by atoms with Crippen molar-refractivity contribution in [1.82, 2.24) is 10.5 Å². The lowest BCUT2D eigenvalue weighted by Crippen LogP contribution is -2.27. The van der Waals surface area contributed by atoms with Gasteiger partial charge in [-0.15, -0.1) is 0 Å². The van der Waals surface area contributed by atoms with Crippen molar-refractivity contribution in [3.63, 3.8) is 0 Å². The predicted molar refractivity (Wildman–Crippen MR) is 118 cm³/mol. The van der Waals surface area contributed by atoms with E-state index in [1.54, 1.807) is 0 Å². The number of fused-ring (bicyclic) bond motifs is 2. The van der Waals surface area contributed by atoms with Gasteiger partial charge in [0.25, 0.3) is 0 Å². The van der Waals surface area contributed by atoms with Gasteiger partial charge in [-0.25, -0.2) is 5.48 Å². The summed E-state index contributed by atoms with van der Waals surface area (Å²) in [4.78, 5) is 16.7. The Labute approximate surface area is 180 Å². The number of ether oxygens (including phenoxy) is 2. The highest BCUT2D eigenvalue weighted by atomic mass is 16.7. The third-order valence-corrected chi connectivity index (χ3v) is 6.28. The molecule has 4 N–H and O–H groups in total. The van der Waals surface area contributed by atoms with Crippen LogP contribution in [-0.2, 0) is 22.2 Å². The lowest BCUT2D eigenvalue weighted by Gasteiger charge is -2.19. The summed E-state index contributed by atoms with van der Waals surface area (Å²) >= 11 is 0. The van der Waals surface area contributed by atoms with E-state index in [4.69, 9.17) is 9.47 Å². The van der Waals surface area contributed by atoms with Crippen LogP contribution in [0.1, 0.15) is 50.4 Å². The molecule has 2 aliphatic rings. The van der Waals surface area contributed by atoms with Gasteiger partial charge in [-0.2, -0.15) is 0 Å². The maximum absolute atomic E-state index is 13.3. The minimum atomic E-state index is -0.528. The Morgan fingerprint density at radius 3 is 2.61 bits per heavy atom. The highest BCUT2D eigenvalue weighted by molar-refractivity contribution is 6.03. The minimum Gasteiger partial charge on any atom is -0.454 e. The third kappa shape index (κ3) is 3.34. The molecule has 0 bridgehead atoms. The van der Waals surface area contributed by atoms with Crippen LogP contribution in [0.25, 0.3) is 10.9 Å². The van der Waals surface area contributed by atoms with E-state index in [1.165, 1.54) is 0 Å². The van der Waals surface area contributed by atoms with Crippen LogP contribution in [0.3, 0.4) is 0 Å². The van der Waals surface area contributed by atoms with Crippen LogP contribution < -0.4 is 20.3 Å². The molecule has 0 unspecified atom stereocenters. The summed E-state index contributed by atoms with van der Waals surface area (Å²) in [5.74, 6) is 1.40. The number of H-pyrrole nitrogens is 1. The molecule has 0 spiro atoms. The second kappa shape index (κ2) is 7.00. The monoisotopic (exact) mass is 421 g/mol. The SMILES string of the molecule is CC(C)(C)c1[nH]c2ccc(NC(=O)C3(c4ccc5c(c4)OCO5)CC3)cc2c1CNO. The van der Waals surface area contributed by atoms with Crippen LogP contribution in [0, 0.1) is 0 Å². The van der Waals surface area contributed by atoms with Gasteiger partial charge in [0.1, 0.15) is 0 Å². The van der Waals surface area contributed by atoms with E-state index in [2.05, 4.69) is 36.6 Å². The second-order valence-corrected chi connectivity index (χ2v) is 9.43. The molecular formula is C24H27N3O4. The fourth-order valence-corrected chi connectivity index (χ4v) is 4.45. The van der Waals surface area contributed by atoms with E-state index in [9.17, 15) is 10.0 Å². The van der Waals surface area contributed by atoms with Crippen LogP contribution in [0.5, 0.6) is 11.5 Å². The van der Waals surface area contributed by atoms with Gasteiger partial charge in [-0.3, -0.25) is 4.79 Å². The van der Waals surface area contributed by atoms with Crippen molar-refractivity contribution in [2.45, 2.75) is 51.0 Å². The first-order valence-corrected chi connectivity index (χ1v) is 10.6. The third-order valence-electron chi connectivity index (χ3n) is 6.28. The van der Waals surface area contributed by atoms with Gasteiger partial charge in [0.2, 0.25) is 12.7 Å². The van der Waals surface area contributed by atoms with Gasteiger partial charge in [0.15, 0.2) is 11.5 Å². The highest BCUT2D eigenvalue weighted by Crippen LogP contribution is 2.51. The molecule has 0 saturated heterocycles. The summed E-state index contributed by atoms with van der Waals surface area (Å²) in [6, 6.07) is 11.6. The number of hydrogen-bond acceptors (Lipinski definition) is 5. The standard InChI is InChI=1S/C24H27N3O4/c1-23(2,3)21-17(12-25-29)16-11-15(5-6-18(16)27-21)26-22(28)24(8-9-24)14-4-7-19-20(10-14)31-13-30-19/h4-7,10-11,25,27,29H,8-9,12-13H2,1-3H3,(H,26,28). The van der Waals surface area contributed by atoms with E-state index >= 15 is 0 Å². The normalized spacial score (nSPS) is 16.5. The van der Waals surface area contributed by atoms with Crippen molar-refractivity contribution in [1.29, 1.82) is 0 Å². The number of aromatic nitrogens is 1. The second-order valence-electron chi connectivity index (χ2n) is 9.43. The zero-order chi connectivity index (χ0) is 21.8. The van der Waals surface area contributed by atoms with Gasteiger partial charge in [0, 0.05) is 34.2 Å². The van der Waals surface area contributed by atoms with E-state index in [-0.39, 0.29) is 18.1 Å². The number of aromatic amines is 1. The van der Waals surface area contributed by atoms with Gasteiger partial charge in [-0.1, -0.05) is 26.8 Å². The Morgan fingerprint density at radius 2 is 1.90 bits per heavy atom. The summed E-state index contributed by atoms with van der Waals surface area (Å²) in [5, 5.41) is 13.5. The van der Waals surface area contributed by atoms with E-state index in [0.29, 0.717) is 12.3 Å². The molecule has 3 aromatic rings. The summed E-state index contributed by atoms with van der Waals surface area (Å²) in [7, 11) is 0. The molecule has 1 fully saturated rings. The maximum Gasteiger partial charge on any atom is 0.235 e. The van der Waals surface area contributed by atoms with Crippen LogP contribution in [0.2, 0.25) is 0 Å². The minimum absolute atomic E-state index is 0.0147. The molecule has 5 rings (SSSR count). The molecule has 1 aliphatic carbocycles. The van der Waals surface area contributed by atoms with Crippen molar-refractivity contribution < 1.29 is 19.5 Å². The van der Waals surface area contributed by atoms with Crippen molar-refractivity contribution in [3.8, 4) is 11.5 Å². The summed E-state index contributed by atoms with van der Waals surface area (Å²) in [5.41, 5.74) is 6.38. The number of carbonyl (C=O) groups excluding carboxylic acids is 1. The van der Waals surface area contributed by atoms with Crippen molar-refractivity contribution in [2.75, 3.05) is 12.1 Å². The van der Waals surface area contributed by atoms with Gasteiger partial charge in [-0.05, 0) is 54.3 Å². The van der Waals surface area contributed by atoms with Crippen LogP contribution in [0.15, 0.2) is 36.4 Å². The fraction of sp³-hybridized carbons (Fsp3) is 0.375. The molecule has 2 heterocycles. The average Bonchev–Trinajstić information content (AvgIpc) is 3.27. The van der Waals surface area contributed by atoms with Gasteiger partial charge < -0.3 is 25.0 Å². The zero-order valence-corrected chi connectivity index (χ0v) is 18.0. The van der Waals surface area contributed by atoms with Crippen molar-refractivity contribution in [3.05, 3.63) is 53.2 Å². The van der Waals surface area contributed by atoms with E-state index in [0.717, 1.165) is 52.0 Å². The molecule has 2 aromatic carbocycles. The molecule has 1 aromatic heterocycles. The number of anilines is 1. The zero-order valence-electron chi connectivity index (χ0n) is 18.0. The first-order valence-electron chi connectivity index (χ1n) is 10.6. The molecule has 162 valence electrons. The summed E-state index contributed by atoms with van der Waals surface area (Å²) < 4.78 is 10.9. The summed E-state index contributed by atoms with van der Waals surface area (Å²) in [6.07, 6.45) is 1.61. The molecule has 31 heavy (non-hydrogen) atoms. The summed E-state index contributed by atoms with van der Waals surface area (Å²) in [6.45, 7) is 6.93. The number of nitrogens with one attached hydrogen (secondary N) is 3. The smallest absolute Gasteiger partial charge is 0.235 e. The van der Waals surface area contributed by atoms with E-state index in [1.807, 2.05) is 36.4 Å². The van der Waals surface area contributed by atoms with Gasteiger partial charge >= 0.3 is 0 Å². The van der Waals surface area contributed by atoms with Crippen LogP contribution in [-0.4, -0.2) is 22.9 Å². The Morgan fingerprint density at radius 1 is 1.13 bits per heavy atom. The number of hydroxylamine groups is 1. The Kier molecular flexibility index (Phi) is 4.50. The number of rotatable bonds is 5. The lowest BCUT2D eigenvalue weighted by atomic mass is 9.89. The van der Waals surface area contributed by atoms with Crippen LogP contribution >= 0.6 is 0 Å². The number of carbonyl (C=O) groups is 1. The molecule has 1 saturated carbocycles.